The molecular weight excluding hydrogens is 274 g/mol. The van der Waals surface area contributed by atoms with Gasteiger partial charge in [0.2, 0.25) is 5.91 Å². The summed E-state index contributed by atoms with van der Waals surface area (Å²) in [4.78, 5) is 14.5. The number of nitrogens with two attached hydrogens (primary N) is 1. The number of nitrogen functional groups attached to an aromatic ring is 1. The predicted octanol–water partition coefficient (Wildman–Crippen LogP) is 4.17. The maximum atomic E-state index is 12.1. The van der Waals surface area contributed by atoms with Gasteiger partial charge in [-0.1, -0.05) is 19.8 Å². The third kappa shape index (κ3) is 4.39. The zero-order chi connectivity index (χ0) is 15.9. The summed E-state index contributed by atoms with van der Waals surface area (Å²) in [5, 5.41) is 3.07. The van der Waals surface area contributed by atoms with E-state index in [4.69, 9.17) is 5.73 Å². The van der Waals surface area contributed by atoms with Crippen LogP contribution in [0.4, 0.5) is 17.1 Å². The number of benzene rings is 1. The van der Waals surface area contributed by atoms with Gasteiger partial charge in [-0.25, -0.2) is 0 Å². The first kappa shape index (κ1) is 16.7. The number of hydrogen-bond acceptors (Lipinski definition) is 3. The number of unbranched alkanes of at least 4 members (excludes halogenated alkanes) is 2. The summed E-state index contributed by atoms with van der Waals surface area (Å²) < 4.78 is 0. The topological polar surface area (TPSA) is 58.4 Å². The van der Waals surface area contributed by atoms with Crippen LogP contribution in [0.5, 0.6) is 0 Å². The monoisotopic (exact) mass is 303 g/mol. The Morgan fingerprint density at radius 1 is 1.36 bits per heavy atom. The standard InChI is InChI=1S/C18H29N3O/c1-3-4-5-9-18(22)20-16-13-15(19)10-11-17(16)21-12-7-6-8-14(21)2/h10-11,13-14H,3-9,12,19H2,1-2H3,(H,20,22). The summed E-state index contributed by atoms with van der Waals surface area (Å²) in [5.74, 6) is 0.0879. The second kappa shape index (κ2) is 8.06. The minimum atomic E-state index is 0.0879. The van der Waals surface area contributed by atoms with Gasteiger partial charge >= 0.3 is 0 Å². The first-order valence-electron chi connectivity index (χ1n) is 8.58. The SMILES string of the molecule is CCCCCC(=O)Nc1cc(N)ccc1N1CCCCC1C. The van der Waals surface area contributed by atoms with Crippen LogP contribution < -0.4 is 16.0 Å². The summed E-state index contributed by atoms with van der Waals surface area (Å²) in [6.07, 6.45) is 7.44. The van der Waals surface area contributed by atoms with Gasteiger partial charge < -0.3 is 16.0 Å². The van der Waals surface area contributed by atoms with Crippen LogP contribution in [0.2, 0.25) is 0 Å². The van der Waals surface area contributed by atoms with Crippen molar-refractivity contribution in [3.8, 4) is 0 Å². The Kier molecular flexibility index (Phi) is 6.10. The molecule has 3 N–H and O–H groups in total. The van der Waals surface area contributed by atoms with E-state index in [1.54, 1.807) is 0 Å². The van der Waals surface area contributed by atoms with Crippen LogP contribution in [0.25, 0.3) is 0 Å². The molecular formula is C18H29N3O. The number of nitrogens with one attached hydrogen (secondary N) is 1. The molecule has 0 spiro atoms. The van der Waals surface area contributed by atoms with Crippen LogP contribution >= 0.6 is 0 Å². The number of anilines is 3. The van der Waals surface area contributed by atoms with E-state index < -0.39 is 0 Å². The molecule has 1 unspecified atom stereocenters. The molecule has 1 aromatic carbocycles. The highest BCUT2D eigenvalue weighted by Gasteiger charge is 2.21. The lowest BCUT2D eigenvalue weighted by Gasteiger charge is -2.36. The van der Waals surface area contributed by atoms with Crippen LogP contribution in [-0.4, -0.2) is 18.5 Å². The van der Waals surface area contributed by atoms with E-state index in [0.717, 1.165) is 37.2 Å². The number of amides is 1. The number of carbonyl (C=O) groups is 1. The fraction of sp³-hybridized carbons (Fsp3) is 0.611. The zero-order valence-corrected chi connectivity index (χ0v) is 13.9. The van der Waals surface area contributed by atoms with Crippen LogP contribution in [-0.2, 0) is 4.79 Å². The lowest BCUT2D eigenvalue weighted by Crippen LogP contribution is -2.38. The van der Waals surface area contributed by atoms with Crippen molar-refractivity contribution in [3.05, 3.63) is 18.2 Å². The Hall–Kier alpha value is -1.71. The zero-order valence-electron chi connectivity index (χ0n) is 13.9. The van der Waals surface area contributed by atoms with Gasteiger partial charge in [-0.05, 0) is 50.8 Å². The molecule has 1 amide bonds. The number of piperidine rings is 1. The molecule has 1 aromatic rings. The van der Waals surface area contributed by atoms with Gasteiger partial charge in [-0.2, -0.15) is 0 Å². The second-order valence-electron chi connectivity index (χ2n) is 6.32. The molecule has 122 valence electrons. The first-order chi connectivity index (χ1) is 10.6. The first-order valence-corrected chi connectivity index (χ1v) is 8.58. The fourth-order valence-corrected chi connectivity index (χ4v) is 3.11. The van der Waals surface area contributed by atoms with Gasteiger partial charge in [0.05, 0.1) is 11.4 Å². The fourth-order valence-electron chi connectivity index (χ4n) is 3.11. The van der Waals surface area contributed by atoms with Crippen molar-refractivity contribution in [1.29, 1.82) is 0 Å². The summed E-state index contributed by atoms with van der Waals surface area (Å²) >= 11 is 0. The summed E-state index contributed by atoms with van der Waals surface area (Å²) in [6.45, 7) is 5.44. The van der Waals surface area contributed by atoms with Crippen molar-refractivity contribution < 1.29 is 4.79 Å². The number of carbonyl (C=O) groups excluding carboxylic acids is 1. The molecule has 1 heterocycles. The minimum Gasteiger partial charge on any atom is -0.399 e. The maximum Gasteiger partial charge on any atom is 0.224 e. The van der Waals surface area contributed by atoms with E-state index in [2.05, 4.69) is 24.1 Å². The normalized spacial score (nSPS) is 18.3. The summed E-state index contributed by atoms with van der Waals surface area (Å²) in [7, 11) is 0. The lowest BCUT2D eigenvalue weighted by molar-refractivity contribution is -0.116. The Morgan fingerprint density at radius 2 is 2.18 bits per heavy atom. The van der Waals surface area contributed by atoms with E-state index in [1.165, 1.54) is 19.3 Å². The average Bonchev–Trinajstić information content (AvgIpc) is 2.49. The minimum absolute atomic E-state index is 0.0879. The maximum absolute atomic E-state index is 12.1. The van der Waals surface area contributed by atoms with Gasteiger partial charge in [0.1, 0.15) is 0 Å². The Labute approximate surface area is 134 Å². The van der Waals surface area contributed by atoms with E-state index in [1.807, 2.05) is 18.2 Å². The molecule has 22 heavy (non-hydrogen) atoms. The quantitative estimate of drug-likeness (QED) is 0.612. The molecule has 1 atom stereocenters. The van der Waals surface area contributed by atoms with Crippen molar-refractivity contribution in [1.82, 2.24) is 0 Å². The third-order valence-corrected chi connectivity index (χ3v) is 4.41. The molecule has 1 aliphatic rings. The number of rotatable bonds is 6. The number of hydrogen-bond donors (Lipinski definition) is 2. The smallest absolute Gasteiger partial charge is 0.224 e. The van der Waals surface area contributed by atoms with Crippen LogP contribution in [0.1, 0.15) is 58.8 Å². The van der Waals surface area contributed by atoms with E-state index in [0.29, 0.717) is 18.2 Å². The second-order valence-corrected chi connectivity index (χ2v) is 6.32. The molecule has 1 saturated heterocycles. The van der Waals surface area contributed by atoms with Crippen molar-refractivity contribution in [2.24, 2.45) is 0 Å². The molecule has 1 aliphatic heterocycles. The highest BCUT2D eigenvalue weighted by atomic mass is 16.1. The van der Waals surface area contributed by atoms with Crippen molar-refractivity contribution in [3.63, 3.8) is 0 Å². The van der Waals surface area contributed by atoms with Gasteiger partial charge in [-0.3, -0.25) is 4.79 Å². The molecule has 2 rings (SSSR count). The Bertz CT molecular complexity index is 501. The van der Waals surface area contributed by atoms with Crippen molar-refractivity contribution in [2.45, 2.75) is 64.8 Å². The van der Waals surface area contributed by atoms with Crippen LogP contribution in [0.15, 0.2) is 18.2 Å². The predicted molar refractivity (Wildman–Crippen MR) is 94.3 cm³/mol. The highest BCUT2D eigenvalue weighted by Crippen LogP contribution is 2.33. The van der Waals surface area contributed by atoms with Crippen molar-refractivity contribution >= 4 is 23.0 Å². The molecule has 0 aliphatic carbocycles. The van der Waals surface area contributed by atoms with E-state index in [-0.39, 0.29) is 5.91 Å². The number of nitrogens with zero attached hydrogens (tertiary/aromatic N) is 1. The Balaban J connectivity index is 2.11. The molecule has 4 heteroatoms. The molecule has 0 saturated carbocycles. The molecule has 0 radical (unpaired) electrons. The van der Waals surface area contributed by atoms with Gasteiger partial charge in [-0.15, -0.1) is 0 Å². The summed E-state index contributed by atoms with van der Waals surface area (Å²) in [5.41, 5.74) is 8.57. The highest BCUT2D eigenvalue weighted by molar-refractivity contribution is 5.95. The van der Waals surface area contributed by atoms with Crippen molar-refractivity contribution in [2.75, 3.05) is 22.5 Å². The van der Waals surface area contributed by atoms with E-state index in [9.17, 15) is 4.79 Å². The van der Waals surface area contributed by atoms with Gasteiger partial charge in [0.25, 0.3) is 0 Å². The molecule has 1 fully saturated rings. The van der Waals surface area contributed by atoms with E-state index >= 15 is 0 Å². The van der Waals surface area contributed by atoms with Crippen LogP contribution in [0.3, 0.4) is 0 Å². The lowest BCUT2D eigenvalue weighted by atomic mass is 10.0. The average molecular weight is 303 g/mol. The van der Waals surface area contributed by atoms with Crippen LogP contribution in [0, 0.1) is 0 Å². The Morgan fingerprint density at radius 3 is 2.91 bits per heavy atom. The molecule has 0 bridgehead atoms. The van der Waals surface area contributed by atoms with Gasteiger partial charge in [0.15, 0.2) is 0 Å². The third-order valence-electron chi connectivity index (χ3n) is 4.41. The van der Waals surface area contributed by atoms with Gasteiger partial charge in [0, 0.05) is 24.7 Å². The largest absolute Gasteiger partial charge is 0.399 e. The molecule has 4 nitrogen and oxygen atoms in total. The summed E-state index contributed by atoms with van der Waals surface area (Å²) in [6, 6.07) is 6.35. The molecule has 0 aromatic heterocycles.